The van der Waals surface area contributed by atoms with Crippen molar-refractivity contribution in [3.63, 3.8) is 0 Å². The predicted molar refractivity (Wildman–Crippen MR) is 63.1 cm³/mol. The second-order valence-electron chi connectivity index (χ2n) is 4.73. The van der Waals surface area contributed by atoms with E-state index in [4.69, 9.17) is 10.5 Å². The van der Waals surface area contributed by atoms with E-state index in [9.17, 15) is 4.79 Å². The van der Waals surface area contributed by atoms with Crippen molar-refractivity contribution < 1.29 is 9.53 Å². The summed E-state index contributed by atoms with van der Waals surface area (Å²) in [4.78, 5) is 13.4. The first-order valence-corrected chi connectivity index (χ1v) is 5.84. The summed E-state index contributed by atoms with van der Waals surface area (Å²) >= 11 is 0. The van der Waals surface area contributed by atoms with E-state index in [-0.39, 0.29) is 18.0 Å². The summed E-state index contributed by atoms with van der Waals surface area (Å²) in [5.41, 5.74) is 5.37. The molecule has 16 heavy (non-hydrogen) atoms. The standard InChI is InChI=1S/C11H23N3O2/c1-8(2)13-10(11(12)15)6-14(3)9-4-5-16-7-9/h8-10,13H,4-7H2,1-3H3,(H2,12,15). The van der Waals surface area contributed by atoms with Crippen LogP contribution in [0.2, 0.25) is 0 Å². The molecule has 1 fully saturated rings. The van der Waals surface area contributed by atoms with Crippen molar-refractivity contribution >= 4 is 5.91 Å². The molecule has 1 aliphatic rings. The number of hydrogen-bond acceptors (Lipinski definition) is 4. The molecule has 0 aromatic rings. The van der Waals surface area contributed by atoms with Crippen LogP contribution in [-0.2, 0) is 9.53 Å². The average Bonchev–Trinajstić information content (AvgIpc) is 2.68. The van der Waals surface area contributed by atoms with Crippen LogP contribution < -0.4 is 11.1 Å². The number of carbonyl (C=O) groups excluding carboxylic acids is 1. The van der Waals surface area contributed by atoms with Gasteiger partial charge in [0.15, 0.2) is 0 Å². The minimum absolute atomic E-state index is 0.255. The summed E-state index contributed by atoms with van der Waals surface area (Å²) in [5, 5.41) is 3.18. The Morgan fingerprint density at radius 1 is 1.62 bits per heavy atom. The van der Waals surface area contributed by atoms with E-state index in [1.54, 1.807) is 0 Å². The van der Waals surface area contributed by atoms with Gasteiger partial charge in [0, 0.05) is 25.2 Å². The van der Waals surface area contributed by atoms with Gasteiger partial charge in [-0.1, -0.05) is 13.8 Å². The molecule has 5 nitrogen and oxygen atoms in total. The van der Waals surface area contributed by atoms with E-state index < -0.39 is 0 Å². The SMILES string of the molecule is CC(C)NC(CN(C)C1CCOC1)C(N)=O. The molecule has 5 heteroatoms. The number of carbonyl (C=O) groups is 1. The molecule has 1 aliphatic heterocycles. The van der Waals surface area contributed by atoms with Gasteiger partial charge in [0.2, 0.25) is 5.91 Å². The molecule has 1 rings (SSSR count). The Labute approximate surface area is 97.3 Å². The fraction of sp³-hybridized carbons (Fsp3) is 0.909. The third-order valence-corrected chi connectivity index (χ3v) is 2.88. The number of amides is 1. The molecule has 0 aromatic carbocycles. The van der Waals surface area contributed by atoms with Crippen LogP contribution in [0.1, 0.15) is 20.3 Å². The first-order valence-electron chi connectivity index (χ1n) is 5.84. The lowest BCUT2D eigenvalue weighted by molar-refractivity contribution is -0.120. The molecule has 94 valence electrons. The Morgan fingerprint density at radius 3 is 2.75 bits per heavy atom. The minimum atomic E-state index is -0.292. The second-order valence-corrected chi connectivity index (χ2v) is 4.73. The molecule has 2 atom stereocenters. The highest BCUT2D eigenvalue weighted by Gasteiger charge is 2.25. The molecule has 0 bridgehead atoms. The number of hydrogen-bond donors (Lipinski definition) is 2. The number of nitrogens with one attached hydrogen (secondary N) is 1. The Hall–Kier alpha value is -0.650. The van der Waals surface area contributed by atoms with Crippen molar-refractivity contribution in [1.82, 2.24) is 10.2 Å². The van der Waals surface area contributed by atoms with Crippen LogP contribution in [0.25, 0.3) is 0 Å². The lowest BCUT2D eigenvalue weighted by atomic mass is 10.1. The maximum absolute atomic E-state index is 11.3. The average molecular weight is 229 g/mol. The molecule has 0 aromatic heterocycles. The van der Waals surface area contributed by atoms with E-state index in [2.05, 4.69) is 10.2 Å². The van der Waals surface area contributed by atoms with Crippen molar-refractivity contribution in [3.8, 4) is 0 Å². The smallest absolute Gasteiger partial charge is 0.235 e. The van der Waals surface area contributed by atoms with Gasteiger partial charge in [-0.25, -0.2) is 0 Å². The first-order chi connectivity index (χ1) is 7.50. The Balaban J connectivity index is 2.43. The topological polar surface area (TPSA) is 67.6 Å². The van der Waals surface area contributed by atoms with Gasteiger partial charge in [-0.2, -0.15) is 0 Å². The third-order valence-electron chi connectivity index (χ3n) is 2.88. The largest absolute Gasteiger partial charge is 0.380 e. The van der Waals surface area contributed by atoms with Gasteiger partial charge in [-0.15, -0.1) is 0 Å². The van der Waals surface area contributed by atoms with E-state index in [0.29, 0.717) is 12.6 Å². The van der Waals surface area contributed by atoms with Gasteiger partial charge in [-0.3, -0.25) is 9.69 Å². The molecule has 1 amide bonds. The highest BCUT2D eigenvalue weighted by molar-refractivity contribution is 5.80. The van der Waals surface area contributed by atoms with Crippen LogP contribution in [-0.4, -0.2) is 55.7 Å². The van der Waals surface area contributed by atoms with Crippen molar-refractivity contribution in [2.24, 2.45) is 5.73 Å². The Kier molecular flexibility index (Phi) is 5.18. The van der Waals surface area contributed by atoms with Crippen LogP contribution in [0.3, 0.4) is 0 Å². The first kappa shape index (κ1) is 13.4. The van der Waals surface area contributed by atoms with Crippen molar-refractivity contribution in [2.45, 2.75) is 38.4 Å². The molecular weight excluding hydrogens is 206 g/mol. The zero-order valence-electron chi connectivity index (χ0n) is 10.4. The zero-order valence-corrected chi connectivity index (χ0v) is 10.4. The van der Waals surface area contributed by atoms with Gasteiger partial charge in [-0.05, 0) is 13.5 Å². The van der Waals surface area contributed by atoms with Crippen LogP contribution >= 0.6 is 0 Å². The quantitative estimate of drug-likeness (QED) is 0.648. The van der Waals surface area contributed by atoms with Gasteiger partial charge in [0.05, 0.1) is 12.6 Å². The molecule has 0 aliphatic carbocycles. The normalized spacial score (nSPS) is 22.9. The molecule has 1 saturated heterocycles. The van der Waals surface area contributed by atoms with Gasteiger partial charge in [0.1, 0.15) is 0 Å². The maximum atomic E-state index is 11.3. The van der Waals surface area contributed by atoms with Crippen LogP contribution in [0.5, 0.6) is 0 Å². The Bertz CT molecular complexity index is 227. The van der Waals surface area contributed by atoms with Crippen LogP contribution in [0.15, 0.2) is 0 Å². The second kappa shape index (κ2) is 6.18. The summed E-state index contributed by atoms with van der Waals surface area (Å²) in [6.07, 6.45) is 1.03. The lowest BCUT2D eigenvalue weighted by Crippen LogP contribution is -2.52. The van der Waals surface area contributed by atoms with E-state index >= 15 is 0 Å². The van der Waals surface area contributed by atoms with E-state index in [0.717, 1.165) is 19.6 Å². The van der Waals surface area contributed by atoms with Crippen molar-refractivity contribution in [2.75, 3.05) is 26.8 Å². The van der Waals surface area contributed by atoms with Crippen molar-refractivity contribution in [3.05, 3.63) is 0 Å². The number of nitrogens with zero attached hydrogens (tertiary/aromatic N) is 1. The summed E-state index contributed by atoms with van der Waals surface area (Å²) < 4.78 is 5.32. The predicted octanol–water partition coefficient (Wildman–Crippen LogP) is -0.441. The number of likely N-dealkylation sites (N-methyl/N-ethyl adjacent to an activating group) is 1. The highest BCUT2D eigenvalue weighted by Crippen LogP contribution is 2.10. The summed E-state index contributed by atoms with van der Waals surface area (Å²) in [6.45, 7) is 6.22. The fourth-order valence-corrected chi connectivity index (χ4v) is 1.93. The maximum Gasteiger partial charge on any atom is 0.235 e. The van der Waals surface area contributed by atoms with Gasteiger partial charge < -0.3 is 15.8 Å². The fourth-order valence-electron chi connectivity index (χ4n) is 1.93. The number of nitrogens with two attached hydrogens (primary N) is 1. The molecule has 0 saturated carbocycles. The highest BCUT2D eigenvalue weighted by atomic mass is 16.5. The summed E-state index contributed by atoms with van der Waals surface area (Å²) in [5.74, 6) is -0.292. The molecular formula is C11H23N3O2. The van der Waals surface area contributed by atoms with E-state index in [1.807, 2.05) is 20.9 Å². The lowest BCUT2D eigenvalue weighted by Gasteiger charge is -2.28. The van der Waals surface area contributed by atoms with Crippen molar-refractivity contribution in [1.29, 1.82) is 0 Å². The zero-order chi connectivity index (χ0) is 12.1. The van der Waals surface area contributed by atoms with Crippen LogP contribution in [0, 0.1) is 0 Å². The number of rotatable bonds is 6. The number of ether oxygens (including phenoxy) is 1. The molecule has 0 radical (unpaired) electrons. The third kappa shape index (κ3) is 4.08. The Morgan fingerprint density at radius 2 is 2.31 bits per heavy atom. The van der Waals surface area contributed by atoms with Crippen LogP contribution in [0.4, 0.5) is 0 Å². The summed E-state index contributed by atoms with van der Waals surface area (Å²) in [7, 11) is 2.01. The summed E-state index contributed by atoms with van der Waals surface area (Å²) in [6, 6.07) is 0.382. The van der Waals surface area contributed by atoms with E-state index in [1.165, 1.54) is 0 Å². The molecule has 1 heterocycles. The minimum Gasteiger partial charge on any atom is -0.380 e. The van der Waals surface area contributed by atoms with Gasteiger partial charge in [0.25, 0.3) is 0 Å². The number of primary amides is 1. The monoisotopic (exact) mass is 229 g/mol. The molecule has 3 N–H and O–H groups in total. The molecule has 0 spiro atoms. The van der Waals surface area contributed by atoms with Gasteiger partial charge >= 0.3 is 0 Å². The molecule has 2 unspecified atom stereocenters.